The largest absolute Gasteiger partial charge is 0.377 e. The molecule has 1 aliphatic rings. The molecule has 0 aliphatic carbocycles. The van der Waals surface area contributed by atoms with Gasteiger partial charge in [-0.15, -0.1) is 11.8 Å². The lowest BCUT2D eigenvalue weighted by atomic mass is 10.1. The lowest BCUT2D eigenvalue weighted by Gasteiger charge is -2.19. The Bertz CT molecular complexity index is 369. The zero-order valence-corrected chi connectivity index (χ0v) is 12.3. The quantitative estimate of drug-likeness (QED) is 0.637. The number of ether oxygens (including phenoxy) is 1. The van der Waals surface area contributed by atoms with Crippen molar-refractivity contribution in [2.75, 3.05) is 18.9 Å². The maximum atomic E-state index is 5.95. The third-order valence-corrected chi connectivity index (χ3v) is 4.39. The zero-order valence-electron chi connectivity index (χ0n) is 10.7. The van der Waals surface area contributed by atoms with Crippen molar-refractivity contribution in [3.8, 4) is 0 Å². The summed E-state index contributed by atoms with van der Waals surface area (Å²) in [6, 6.07) is 8.46. The maximum Gasteiger partial charge on any atom is 0.0726 e. The number of thioether (sulfide) groups is 1. The Kier molecular flexibility index (Phi) is 5.83. The second-order valence-corrected chi connectivity index (χ2v) is 6.20. The summed E-state index contributed by atoms with van der Waals surface area (Å²) in [6.07, 6.45) is 2.80. The van der Waals surface area contributed by atoms with E-state index in [0.717, 1.165) is 23.9 Å². The molecule has 2 unspecified atom stereocenters. The smallest absolute Gasteiger partial charge is 0.0726 e. The Morgan fingerprint density at radius 3 is 3.17 bits per heavy atom. The van der Waals surface area contributed by atoms with E-state index in [1.165, 1.54) is 17.7 Å². The molecule has 1 N–H and O–H groups in total. The van der Waals surface area contributed by atoms with Crippen molar-refractivity contribution in [2.24, 2.45) is 0 Å². The summed E-state index contributed by atoms with van der Waals surface area (Å²) in [5.41, 5.74) is 0. The fraction of sp³-hybridized carbons (Fsp3) is 0.571. The Morgan fingerprint density at radius 2 is 2.44 bits per heavy atom. The average molecular weight is 286 g/mol. The Labute approximate surface area is 118 Å². The summed E-state index contributed by atoms with van der Waals surface area (Å²) in [6.45, 7) is 4.13. The first kappa shape index (κ1) is 14.2. The molecule has 18 heavy (non-hydrogen) atoms. The van der Waals surface area contributed by atoms with Gasteiger partial charge in [-0.05, 0) is 38.0 Å². The molecule has 0 bridgehead atoms. The predicted octanol–water partition coefficient (Wildman–Crippen LogP) is 3.59. The molecule has 2 rings (SSSR count). The second-order valence-electron chi connectivity index (χ2n) is 4.60. The van der Waals surface area contributed by atoms with Crippen LogP contribution in [0.25, 0.3) is 0 Å². The van der Waals surface area contributed by atoms with Crippen LogP contribution in [0.5, 0.6) is 0 Å². The highest BCUT2D eigenvalue weighted by molar-refractivity contribution is 7.99. The van der Waals surface area contributed by atoms with Crippen molar-refractivity contribution < 1.29 is 4.74 Å². The van der Waals surface area contributed by atoms with E-state index in [2.05, 4.69) is 18.3 Å². The molecule has 0 spiro atoms. The standard InChI is InChI=1S/C14H20ClNOS/c1-11(14-6-3-8-17-14)16-7-9-18-13-5-2-4-12(15)10-13/h2,4-5,10-11,14,16H,3,6-9H2,1H3. The van der Waals surface area contributed by atoms with Crippen LogP contribution in [0.3, 0.4) is 0 Å². The van der Waals surface area contributed by atoms with Gasteiger partial charge in [0.15, 0.2) is 0 Å². The second kappa shape index (κ2) is 7.39. The van der Waals surface area contributed by atoms with Crippen LogP contribution in [0.2, 0.25) is 5.02 Å². The monoisotopic (exact) mass is 285 g/mol. The first-order valence-electron chi connectivity index (χ1n) is 6.49. The lowest BCUT2D eigenvalue weighted by Crippen LogP contribution is -2.38. The van der Waals surface area contributed by atoms with Crippen molar-refractivity contribution in [3.63, 3.8) is 0 Å². The van der Waals surface area contributed by atoms with Gasteiger partial charge in [0.2, 0.25) is 0 Å². The van der Waals surface area contributed by atoms with Crippen molar-refractivity contribution in [3.05, 3.63) is 29.3 Å². The van der Waals surface area contributed by atoms with E-state index in [-0.39, 0.29) is 0 Å². The highest BCUT2D eigenvalue weighted by Gasteiger charge is 2.21. The third kappa shape index (κ3) is 4.47. The van der Waals surface area contributed by atoms with Crippen LogP contribution in [0.4, 0.5) is 0 Å². The fourth-order valence-corrected chi connectivity index (χ4v) is 3.24. The molecule has 1 aromatic rings. The molecule has 1 aromatic carbocycles. The van der Waals surface area contributed by atoms with Crippen LogP contribution >= 0.6 is 23.4 Å². The molecule has 1 heterocycles. The van der Waals surface area contributed by atoms with Gasteiger partial charge in [-0.1, -0.05) is 17.7 Å². The number of halogens is 1. The number of nitrogens with one attached hydrogen (secondary N) is 1. The maximum absolute atomic E-state index is 5.95. The van der Waals surface area contributed by atoms with Crippen LogP contribution in [-0.4, -0.2) is 31.1 Å². The molecule has 0 amide bonds. The predicted molar refractivity (Wildman–Crippen MR) is 78.6 cm³/mol. The summed E-state index contributed by atoms with van der Waals surface area (Å²) in [5, 5.41) is 4.34. The normalized spacial score (nSPS) is 21.1. The molecule has 2 atom stereocenters. The molecule has 0 radical (unpaired) electrons. The molecule has 100 valence electrons. The van der Waals surface area contributed by atoms with E-state index >= 15 is 0 Å². The molecule has 0 saturated carbocycles. The van der Waals surface area contributed by atoms with Crippen LogP contribution in [-0.2, 0) is 4.74 Å². The van der Waals surface area contributed by atoms with Crippen LogP contribution in [0.1, 0.15) is 19.8 Å². The average Bonchev–Trinajstić information content (AvgIpc) is 2.88. The van der Waals surface area contributed by atoms with Gasteiger partial charge in [0.1, 0.15) is 0 Å². The minimum atomic E-state index is 0.404. The molecule has 0 aromatic heterocycles. The van der Waals surface area contributed by atoms with E-state index in [1.807, 2.05) is 30.0 Å². The summed E-state index contributed by atoms with van der Waals surface area (Å²) in [5.74, 6) is 1.05. The van der Waals surface area contributed by atoms with Gasteiger partial charge in [0.25, 0.3) is 0 Å². The van der Waals surface area contributed by atoms with E-state index in [4.69, 9.17) is 16.3 Å². The lowest BCUT2D eigenvalue weighted by molar-refractivity contribution is 0.0844. The highest BCUT2D eigenvalue weighted by atomic mass is 35.5. The molecule has 1 aliphatic heterocycles. The van der Waals surface area contributed by atoms with Crippen molar-refractivity contribution >= 4 is 23.4 Å². The van der Waals surface area contributed by atoms with Crippen molar-refractivity contribution in [1.82, 2.24) is 5.32 Å². The molecule has 4 heteroatoms. The Hall–Kier alpha value is -0.220. The summed E-state index contributed by atoms with van der Waals surface area (Å²) >= 11 is 7.78. The van der Waals surface area contributed by atoms with E-state index < -0.39 is 0 Å². The summed E-state index contributed by atoms with van der Waals surface area (Å²) in [4.78, 5) is 1.23. The minimum absolute atomic E-state index is 0.404. The minimum Gasteiger partial charge on any atom is -0.377 e. The van der Waals surface area contributed by atoms with Gasteiger partial charge in [0, 0.05) is 34.9 Å². The summed E-state index contributed by atoms with van der Waals surface area (Å²) in [7, 11) is 0. The number of rotatable bonds is 6. The van der Waals surface area contributed by atoms with Crippen molar-refractivity contribution in [1.29, 1.82) is 0 Å². The Morgan fingerprint density at radius 1 is 1.56 bits per heavy atom. The number of hydrogen-bond acceptors (Lipinski definition) is 3. The van der Waals surface area contributed by atoms with Crippen molar-refractivity contribution in [2.45, 2.75) is 36.8 Å². The van der Waals surface area contributed by atoms with Gasteiger partial charge in [-0.2, -0.15) is 0 Å². The third-order valence-electron chi connectivity index (χ3n) is 3.16. The number of benzene rings is 1. The first-order valence-corrected chi connectivity index (χ1v) is 7.85. The van der Waals surface area contributed by atoms with Gasteiger partial charge in [0.05, 0.1) is 6.10 Å². The topological polar surface area (TPSA) is 21.3 Å². The highest BCUT2D eigenvalue weighted by Crippen LogP contribution is 2.21. The molecular formula is C14H20ClNOS. The molecule has 2 nitrogen and oxygen atoms in total. The molecule has 1 fully saturated rings. The van der Waals surface area contributed by atoms with Crippen LogP contribution in [0.15, 0.2) is 29.2 Å². The van der Waals surface area contributed by atoms with Gasteiger partial charge >= 0.3 is 0 Å². The SMILES string of the molecule is CC(NCCSc1cccc(Cl)c1)C1CCCO1. The van der Waals surface area contributed by atoms with Crippen LogP contribution < -0.4 is 5.32 Å². The van der Waals surface area contributed by atoms with E-state index in [1.54, 1.807) is 0 Å². The number of hydrogen-bond donors (Lipinski definition) is 1. The van der Waals surface area contributed by atoms with E-state index in [0.29, 0.717) is 12.1 Å². The Balaban J connectivity index is 1.63. The fourth-order valence-electron chi connectivity index (χ4n) is 2.14. The van der Waals surface area contributed by atoms with Gasteiger partial charge in [-0.3, -0.25) is 0 Å². The zero-order chi connectivity index (χ0) is 12.8. The van der Waals surface area contributed by atoms with Gasteiger partial charge in [-0.25, -0.2) is 0 Å². The van der Waals surface area contributed by atoms with E-state index in [9.17, 15) is 0 Å². The first-order chi connectivity index (χ1) is 8.75. The molecule has 1 saturated heterocycles. The van der Waals surface area contributed by atoms with Crippen LogP contribution in [0, 0.1) is 0 Å². The summed E-state index contributed by atoms with van der Waals surface area (Å²) < 4.78 is 5.66. The molecular weight excluding hydrogens is 266 g/mol. The van der Waals surface area contributed by atoms with Gasteiger partial charge < -0.3 is 10.1 Å².